The van der Waals surface area contributed by atoms with Crippen molar-refractivity contribution < 1.29 is 19.4 Å². The van der Waals surface area contributed by atoms with Gasteiger partial charge in [0.05, 0.1) is 31.4 Å². The zero-order valence-corrected chi connectivity index (χ0v) is 13.6. The second-order valence-electron chi connectivity index (χ2n) is 6.13. The van der Waals surface area contributed by atoms with Crippen molar-refractivity contribution in [3.8, 4) is 5.75 Å². The Morgan fingerprint density at radius 3 is 3.00 bits per heavy atom. The highest BCUT2D eigenvalue weighted by atomic mass is 16.5. The Balaban J connectivity index is 1.89. The Bertz CT molecular complexity index is 625. The number of methoxy groups -OCH3 is 1. The average Bonchev–Trinajstić information content (AvgIpc) is 2.96. The molecule has 1 N–H and O–H groups in total. The molecular weight excluding hydrogens is 294 g/mol. The molecule has 2 aliphatic heterocycles. The van der Waals surface area contributed by atoms with Gasteiger partial charge in [-0.1, -0.05) is 12.1 Å². The quantitative estimate of drug-likeness (QED) is 0.930. The summed E-state index contributed by atoms with van der Waals surface area (Å²) in [4.78, 5) is 14.7. The van der Waals surface area contributed by atoms with Crippen LogP contribution in [0.3, 0.4) is 0 Å². The highest BCUT2D eigenvalue weighted by Crippen LogP contribution is 2.36. The van der Waals surface area contributed by atoms with Crippen LogP contribution < -0.4 is 4.74 Å². The molecule has 1 saturated heterocycles. The van der Waals surface area contributed by atoms with Crippen molar-refractivity contribution in [1.82, 2.24) is 4.90 Å². The summed E-state index contributed by atoms with van der Waals surface area (Å²) < 4.78 is 10.8. The van der Waals surface area contributed by atoms with Gasteiger partial charge in [-0.25, -0.2) is 0 Å². The van der Waals surface area contributed by atoms with Crippen LogP contribution in [0.1, 0.15) is 37.8 Å². The van der Waals surface area contributed by atoms with Crippen molar-refractivity contribution in [2.24, 2.45) is 0 Å². The number of aliphatic hydroxyl groups excluding tert-OH is 1. The Hall–Kier alpha value is -2.01. The molecule has 1 amide bonds. The van der Waals surface area contributed by atoms with Crippen molar-refractivity contribution in [2.45, 2.75) is 38.3 Å². The number of rotatable bonds is 3. The van der Waals surface area contributed by atoms with E-state index in [0.717, 1.165) is 29.7 Å². The van der Waals surface area contributed by atoms with Gasteiger partial charge in [0, 0.05) is 6.54 Å². The molecule has 1 aromatic rings. The summed E-state index contributed by atoms with van der Waals surface area (Å²) in [5.74, 6) is 1.45. The molecule has 3 rings (SSSR count). The Labute approximate surface area is 136 Å². The lowest BCUT2D eigenvalue weighted by Gasteiger charge is -2.28. The monoisotopic (exact) mass is 317 g/mol. The average molecular weight is 317 g/mol. The topological polar surface area (TPSA) is 59.0 Å². The van der Waals surface area contributed by atoms with Gasteiger partial charge in [-0.15, -0.1) is 0 Å². The summed E-state index contributed by atoms with van der Waals surface area (Å²) in [6, 6.07) is 7.57. The van der Waals surface area contributed by atoms with Gasteiger partial charge in [0.15, 0.2) is 0 Å². The number of ether oxygens (including phenoxy) is 2. The number of allylic oxidation sites excluding steroid dienone is 1. The van der Waals surface area contributed by atoms with Crippen LogP contribution in [0, 0.1) is 0 Å². The molecule has 0 aliphatic carbocycles. The minimum atomic E-state index is -0.499. The van der Waals surface area contributed by atoms with Crippen LogP contribution in [-0.2, 0) is 9.53 Å². The van der Waals surface area contributed by atoms with Gasteiger partial charge in [0.25, 0.3) is 5.91 Å². The smallest absolute Gasteiger partial charge is 0.253 e. The van der Waals surface area contributed by atoms with E-state index in [2.05, 4.69) is 0 Å². The van der Waals surface area contributed by atoms with Gasteiger partial charge < -0.3 is 19.5 Å². The normalized spacial score (nSPS) is 24.6. The van der Waals surface area contributed by atoms with Gasteiger partial charge in [-0.3, -0.25) is 4.79 Å². The molecule has 1 aromatic carbocycles. The number of β-amino-alcohol motifs (C(OH)–C–C–N with tert-alkyl or cyclic N) is 1. The Morgan fingerprint density at radius 2 is 2.26 bits per heavy atom. The van der Waals surface area contributed by atoms with Gasteiger partial charge in [-0.05, 0) is 43.9 Å². The van der Waals surface area contributed by atoms with E-state index < -0.39 is 6.10 Å². The molecular formula is C18H23NO4. The van der Waals surface area contributed by atoms with Crippen LogP contribution in [0.5, 0.6) is 5.75 Å². The zero-order chi connectivity index (χ0) is 16.4. The summed E-state index contributed by atoms with van der Waals surface area (Å²) in [7, 11) is 1.62. The largest absolute Gasteiger partial charge is 0.498 e. The highest BCUT2D eigenvalue weighted by Gasteiger charge is 2.37. The van der Waals surface area contributed by atoms with Crippen molar-refractivity contribution in [1.29, 1.82) is 0 Å². The van der Waals surface area contributed by atoms with E-state index in [1.54, 1.807) is 12.0 Å². The molecule has 2 aliphatic rings. The molecule has 0 bridgehead atoms. The third-order valence-corrected chi connectivity index (χ3v) is 4.59. The standard InChI is InChI=1S/C18H23NO4/c1-12-16(7-4-8-23-12)18(21)19-11-14(20)10-17(19)13-5-3-6-15(9-13)22-2/h3,5-6,9,14,17,20H,4,7-8,10-11H2,1-2H3/t14-,17+/m1/s1. The zero-order valence-electron chi connectivity index (χ0n) is 13.6. The second kappa shape index (κ2) is 6.62. The molecule has 2 atom stereocenters. The first kappa shape index (κ1) is 15.9. The molecule has 2 heterocycles. The molecule has 1 fully saturated rings. The lowest BCUT2D eigenvalue weighted by molar-refractivity contribution is -0.129. The van der Waals surface area contributed by atoms with E-state index in [1.807, 2.05) is 31.2 Å². The molecule has 0 saturated carbocycles. The molecule has 0 spiro atoms. The number of nitrogens with zero attached hydrogens (tertiary/aromatic N) is 1. The molecule has 0 radical (unpaired) electrons. The summed E-state index contributed by atoms with van der Waals surface area (Å²) in [5.41, 5.74) is 1.72. The molecule has 5 nitrogen and oxygen atoms in total. The summed E-state index contributed by atoms with van der Waals surface area (Å²) in [6.45, 7) is 2.88. The maximum Gasteiger partial charge on any atom is 0.253 e. The van der Waals surface area contributed by atoms with Crippen LogP contribution >= 0.6 is 0 Å². The van der Waals surface area contributed by atoms with Gasteiger partial charge in [-0.2, -0.15) is 0 Å². The van der Waals surface area contributed by atoms with Crippen LogP contribution in [-0.4, -0.2) is 42.3 Å². The minimum Gasteiger partial charge on any atom is -0.498 e. The first-order valence-electron chi connectivity index (χ1n) is 8.05. The number of carbonyl (C=O) groups is 1. The number of carbonyl (C=O) groups excluding carboxylic acids is 1. The van der Waals surface area contributed by atoms with Crippen molar-refractivity contribution in [3.05, 3.63) is 41.2 Å². The number of amides is 1. The van der Waals surface area contributed by atoms with E-state index in [9.17, 15) is 9.90 Å². The second-order valence-corrected chi connectivity index (χ2v) is 6.13. The first-order chi connectivity index (χ1) is 11.1. The van der Waals surface area contributed by atoms with E-state index in [4.69, 9.17) is 9.47 Å². The van der Waals surface area contributed by atoms with Crippen LogP contribution in [0.4, 0.5) is 0 Å². The van der Waals surface area contributed by atoms with E-state index in [-0.39, 0.29) is 11.9 Å². The predicted molar refractivity (Wildman–Crippen MR) is 86.0 cm³/mol. The van der Waals surface area contributed by atoms with Gasteiger partial charge >= 0.3 is 0 Å². The molecule has 23 heavy (non-hydrogen) atoms. The molecule has 124 valence electrons. The SMILES string of the molecule is COc1cccc([C@@H]2C[C@@H](O)CN2C(=O)C2=C(C)OCCC2)c1. The summed E-state index contributed by atoms with van der Waals surface area (Å²) in [5, 5.41) is 10.1. The molecule has 5 heteroatoms. The maximum atomic E-state index is 12.9. The lowest BCUT2D eigenvalue weighted by atomic mass is 10.0. The third kappa shape index (κ3) is 3.20. The number of benzene rings is 1. The first-order valence-corrected chi connectivity index (χ1v) is 8.05. The number of likely N-dealkylation sites (tertiary alicyclic amines) is 1. The van der Waals surface area contributed by atoms with Crippen LogP contribution in [0.25, 0.3) is 0 Å². The van der Waals surface area contributed by atoms with E-state index >= 15 is 0 Å². The lowest BCUT2D eigenvalue weighted by Crippen LogP contribution is -2.34. The Morgan fingerprint density at radius 1 is 1.43 bits per heavy atom. The fraction of sp³-hybridized carbons (Fsp3) is 0.500. The van der Waals surface area contributed by atoms with E-state index in [0.29, 0.717) is 25.3 Å². The van der Waals surface area contributed by atoms with Crippen molar-refractivity contribution >= 4 is 5.91 Å². The van der Waals surface area contributed by atoms with Crippen LogP contribution in [0.2, 0.25) is 0 Å². The molecule has 0 aromatic heterocycles. The van der Waals surface area contributed by atoms with Crippen molar-refractivity contribution in [2.75, 3.05) is 20.3 Å². The van der Waals surface area contributed by atoms with Crippen LogP contribution in [0.15, 0.2) is 35.6 Å². The number of hydrogen-bond acceptors (Lipinski definition) is 4. The highest BCUT2D eigenvalue weighted by molar-refractivity contribution is 5.94. The van der Waals surface area contributed by atoms with E-state index in [1.165, 1.54) is 0 Å². The fourth-order valence-electron chi connectivity index (χ4n) is 3.37. The Kier molecular flexibility index (Phi) is 4.57. The van der Waals surface area contributed by atoms with Gasteiger partial charge in [0.1, 0.15) is 11.5 Å². The summed E-state index contributed by atoms with van der Waals surface area (Å²) >= 11 is 0. The number of hydrogen-bond donors (Lipinski definition) is 1. The maximum absolute atomic E-state index is 12.9. The third-order valence-electron chi connectivity index (χ3n) is 4.59. The predicted octanol–water partition coefficient (Wildman–Crippen LogP) is 2.41. The summed E-state index contributed by atoms with van der Waals surface area (Å²) in [6.07, 6.45) is 1.65. The van der Waals surface area contributed by atoms with Crippen molar-refractivity contribution in [3.63, 3.8) is 0 Å². The fourth-order valence-corrected chi connectivity index (χ4v) is 3.37. The van der Waals surface area contributed by atoms with Gasteiger partial charge in [0.2, 0.25) is 0 Å². The molecule has 0 unspecified atom stereocenters. The number of aliphatic hydroxyl groups is 1. The minimum absolute atomic E-state index is 0.0217.